The molecule has 2 aromatic rings. The van der Waals surface area contributed by atoms with E-state index in [-0.39, 0.29) is 0 Å². The quantitative estimate of drug-likeness (QED) is 0.748. The van der Waals surface area contributed by atoms with Crippen LogP contribution < -0.4 is 0 Å². The maximum atomic E-state index is 9.57. The zero-order valence-corrected chi connectivity index (χ0v) is 9.26. The van der Waals surface area contributed by atoms with Crippen molar-refractivity contribution in [3.05, 3.63) is 22.5 Å². The molecule has 1 aromatic heterocycles. The first-order chi connectivity index (χ1) is 6.22. The molecule has 1 heterocycles. The van der Waals surface area contributed by atoms with Gasteiger partial charge in [0.1, 0.15) is 5.75 Å². The van der Waals surface area contributed by atoms with Crippen LogP contribution in [-0.4, -0.2) is 11.4 Å². The Balaban J connectivity index is 2.85. The summed E-state index contributed by atoms with van der Waals surface area (Å²) in [6.07, 6.45) is 1.97. The van der Waals surface area contributed by atoms with Crippen molar-refractivity contribution in [2.45, 2.75) is 4.90 Å². The largest absolute Gasteiger partial charge is 0.506 e. The molecule has 0 amide bonds. The highest BCUT2D eigenvalue weighted by molar-refractivity contribution is 7.98. The number of rotatable bonds is 1. The molecule has 68 valence electrons. The molecule has 0 atom stereocenters. The van der Waals surface area contributed by atoms with Gasteiger partial charge in [0.25, 0.3) is 0 Å². The van der Waals surface area contributed by atoms with Crippen molar-refractivity contribution in [1.29, 1.82) is 0 Å². The number of aromatic hydroxyl groups is 1. The maximum Gasteiger partial charge on any atom is 0.135 e. The van der Waals surface area contributed by atoms with E-state index < -0.39 is 0 Å². The van der Waals surface area contributed by atoms with E-state index >= 15 is 0 Å². The van der Waals surface area contributed by atoms with Crippen LogP contribution in [0.3, 0.4) is 0 Å². The lowest BCUT2D eigenvalue weighted by Crippen LogP contribution is -1.73. The van der Waals surface area contributed by atoms with Gasteiger partial charge >= 0.3 is 0 Å². The molecule has 13 heavy (non-hydrogen) atoms. The van der Waals surface area contributed by atoms with Crippen LogP contribution in [-0.2, 0) is 0 Å². The van der Waals surface area contributed by atoms with Crippen LogP contribution in [0.1, 0.15) is 0 Å². The van der Waals surface area contributed by atoms with Crippen LogP contribution in [0.4, 0.5) is 0 Å². The van der Waals surface area contributed by atoms with Crippen molar-refractivity contribution in [2.24, 2.45) is 0 Å². The van der Waals surface area contributed by atoms with E-state index in [0.717, 1.165) is 20.0 Å². The van der Waals surface area contributed by atoms with Crippen molar-refractivity contribution >= 4 is 44.8 Å². The standard InChI is InChI=1S/C9H7ClOS2/c1-12-7-2-5(10)3-8-9(7)6(11)4-13-8/h2-4,11H,1H3. The Morgan fingerprint density at radius 2 is 2.23 bits per heavy atom. The fourth-order valence-corrected chi connectivity index (χ4v) is 3.20. The Hall–Kier alpha value is -0.380. The van der Waals surface area contributed by atoms with E-state index in [1.54, 1.807) is 17.1 Å². The Morgan fingerprint density at radius 1 is 1.46 bits per heavy atom. The highest BCUT2D eigenvalue weighted by Crippen LogP contribution is 2.39. The summed E-state index contributed by atoms with van der Waals surface area (Å²) in [4.78, 5) is 1.03. The molecule has 1 nitrogen and oxygen atoms in total. The summed E-state index contributed by atoms with van der Waals surface area (Å²) in [5.41, 5.74) is 0. The Bertz CT molecular complexity index is 450. The summed E-state index contributed by atoms with van der Waals surface area (Å²) in [5, 5.41) is 12.9. The second-order valence-corrected chi connectivity index (χ2v) is 4.80. The minimum atomic E-state index is 0.348. The molecule has 2 rings (SSSR count). The summed E-state index contributed by atoms with van der Waals surface area (Å²) < 4.78 is 1.04. The first-order valence-corrected chi connectivity index (χ1v) is 6.14. The van der Waals surface area contributed by atoms with Gasteiger partial charge in [0.15, 0.2) is 0 Å². The SMILES string of the molecule is CSc1cc(Cl)cc2scc(O)c12. The number of fused-ring (bicyclic) bond motifs is 1. The zero-order valence-electron chi connectivity index (χ0n) is 6.87. The number of hydrogen-bond donors (Lipinski definition) is 1. The summed E-state index contributed by atoms with van der Waals surface area (Å²) in [6.45, 7) is 0. The van der Waals surface area contributed by atoms with Crippen molar-refractivity contribution in [1.82, 2.24) is 0 Å². The molecule has 0 aliphatic rings. The van der Waals surface area contributed by atoms with Crippen molar-refractivity contribution < 1.29 is 5.11 Å². The first-order valence-electron chi connectivity index (χ1n) is 3.66. The summed E-state index contributed by atoms with van der Waals surface area (Å²) in [6, 6.07) is 3.75. The molecule has 0 saturated carbocycles. The van der Waals surface area contributed by atoms with Crippen LogP contribution in [0.25, 0.3) is 10.1 Å². The number of thioether (sulfide) groups is 1. The Morgan fingerprint density at radius 3 is 2.92 bits per heavy atom. The molecule has 0 aliphatic carbocycles. The van der Waals surface area contributed by atoms with Gasteiger partial charge in [0, 0.05) is 25.4 Å². The van der Waals surface area contributed by atoms with E-state index in [4.69, 9.17) is 11.6 Å². The van der Waals surface area contributed by atoms with Gasteiger partial charge in [0.2, 0.25) is 0 Å². The number of halogens is 1. The van der Waals surface area contributed by atoms with E-state index in [9.17, 15) is 5.11 Å². The molecule has 4 heteroatoms. The Labute approximate surface area is 89.3 Å². The maximum absolute atomic E-state index is 9.57. The summed E-state index contributed by atoms with van der Waals surface area (Å²) in [7, 11) is 0. The molecule has 0 bridgehead atoms. The van der Waals surface area contributed by atoms with Gasteiger partial charge in [-0.25, -0.2) is 0 Å². The monoisotopic (exact) mass is 230 g/mol. The predicted molar refractivity (Wildman–Crippen MR) is 60.3 cm³/mol. The van der Waals surface area contributed by atoms with Crippen LogP contribution in [0.15, 0.2) is 22.4 Å². The van der Waals surface area contributed by atoms with Crippen LogP contribution in [0.5, 0.6) is 5.75 Å². The average molecular weight is 231 g/mol. The molecule has 0 radical (unpaired) electrons. The third-order valence-corrected chi connectivity index (χ3v) is 3.70. The van der Waals surface area contributed by atoms with Gasteiger partial charge in [-0.2, -0.15) is 0 Å². The van der Waals surface area contributed by atoms with E-state index in [1.165, 1.54) is 11.3 Å². The second kappa shape index (κ2) is 3.40. The highest BCUT2D eigenvalue weighted by atomic mass is 35.5. The van der Waals surface area contributed by atoms with Gasteiger partial charge < -0.3 is 5.11 Å². The molecular formula is C9H7ClOS2. The average Bonchev–Trinajstić information content (AvgIpc) is 2.46. The van der Waals surface area contributed by atoms with Crippen molar-refractivity contribution in [3.63, 3.8) is 0 Å². The normalized spacial score (nSPS) is 10.9. The predicted octanol–water partition coefficient (Wildman–Crippen LogP) is 3.98. The van der Waals surface area contributed by atoms with Crippen molar-refractivity contribution in [2.75, 3.05) is 6.26 Å². The molecular weight excluding hydrogens is 224 g/mol. The smallest absolute Gasteiger partial charge is 0.135 e. The fourth-order valence-electron chi connectivity index (χ4n) is 1.24. The molecule has 0 spiro atoms. The topological polar surface area (TPSA) is 20.2 Å². The van der Waals surface area contributed by atoms with Gasteiger partial charge in [-0.3, -0.25) is 0 Å². The fraction of sp³-hybridized carbons (Fsp3) is 0.111. The minimum Gasteiger partial charge on any atom is -0.506 e. The molecule has 1 aromatic carbocycles. The summed E-state index contributed by atoms with van der Waals surface area (Å²) >= 11 is 9.03. The lowest BCUT2D eigenvalue weighted by atomic mass is 10.2. The van der Waals surface area contributed by atoms with E-state index in [2.05, 4.69) is 0 Å². The molecule has 0 aliphatic heterocycles. The lowest BCUT2D eigenvalue weighted by Gasteiger charge is -2.00. The minimum absolute atomic E-state index is 0.348. The van der Waals surface area contributed by atoms with Crippen LogP contribution in [0, 0.1) is 0 Å². The van der Waals surface area contributed by atoms with Gasteiger partial charge in [-0.05, 0) is 18.4 Å². The number of hydrogen-bond acceptors (Lipinski definition) is 3. The van der Waals surface area contributed by atoms with Gasteiger partial charge in [-0.15, -0.1) is 23.1 Å². The number of benzene rings is 1. The first kappa shape index (κ1) is 9.19. The lowest BCUT2D eigenvalue weighted by molar-refractivity contribution is 0.483. The highest BCUT2D eigenvalue weighted by Gasteiger charge is 2.08. The van der Waals surface area contributed by atoms with E-state index in [1.807, 2.05) is 18.4 Å². The van der Waals surface area contributed by atoms with Crippen LogP contribution in [0.2, 0.25) is 5.02 Å². The zero-order chi connectivity index (χ0) is 9.42. The number of thiophene rings is 1. The summed E-state index contributed by atoms with van der Waals surface area (Å²) in [5.74, 6) is 0.348. The third kappa shape index (κ3) is 1.52. The molecule has 0 saturated heterocycles. The van der Waals surface area contributed by atoms with Crippen molar-refractivity contribution in [3.8, 4) is 5.75 Å². The Kier molecular flexibility index (Phi) is 2.41. The molecule has 1 N–H and O–H groups in total. The molecule has 0 fully saturated rings. The van der Waals surface area contributed by atoms with Crippen LogP contribution >= 0.6 is 34.7 Å². The van der Waals surface area contributed by atoms with Gasteiger partial charge in [0.05, 0.1) is 0 Å². The third-order valence-electron chi connectivity index (χ3n) is 1.80. The van der Waals surface area contributed by atoms with E-state index in [0.29, 0.717) is 5.75 Å². The second-order valence-electron chi connectivity index (χ2n) is 2.60. The van der Waals surface area contributed by atoms with Gasteiger partial charge in [-0.1, -0.05) is 11.6 Å². The molecule has 0 unspecified atom stereocenters.